The first kappa shape index (κ1) is 21.8. The summed E-state index contributed by atoms with van der Waals surface area (Å²) in [7, 11) is 1.67. The van der Waals surface area contributed by atoms with Crippen molar-refractivity contribution in [3.63, 3.8) is 0 Å². The fraction of sp³-hybridized carbons (Fsp3) is 0.400. The van der Waals surface area contributed by atoms with Crippen molar-refractivity contribution >= 4 is 29.3 Å². The van der Waals surface area contributed by atoms with Crippen LogP contribution in [0.1, 0.15) is 31.2 Å². The molecule has 1 saturated heterocycles. The Morgan fingerprint density at radius 1 is 1.00 bits per heavy atom. The van der Waals surface area contributed by atoms with Gasteiger partial charge < -0.3 is 14.5 Å². The summed E-state index contributed by atoms with van der Waals surface area (Å²) < 4.78 is 7.45. The third kappa shape index (κ3) is 4.57. The smallest absolute Gasteiger partial charge is 0.237 e. The quantitative estimate of drug-likeness (QED) is 0.507. The maximum Gasteiger partial charge on any atom is 0.237 e. The lowest BCUT2D eigenvalue weighted by molar-refractivity contribution is -0.116. The molecule has 33 heavy (non-hydrogen) atoms. The van der Waals surface area contributed by atoms with Crippen LogP contribution in [-0.2, 0) is 11.2 Å². The zero-order valence-electron chi connectivity index (χ0n) is 18.9. The number of fused-ring (bicyclic) bond motifs is 1. The SMILES string of the molecule is COc1ccc2c(c1)CCCN2C(=O)CSc1nnc(N2CCCCC2)n1-c1ccccc1. The largest absolute Gasteiger partial charge is 0.497 e. The highest BCUT2D eigenvalue weighted by Crippen LogP contribution is 2.32. The predicted molar refractivity (Wildman–Crippen MR) is 132 cm³/mol. The molecule has 5 rings (SSSR count). The van der Waals surface area contributed by atoms with Crippen LogP contribution < -0.4 is 14.5 Å². The Bertz CT molecular complexity index is 1110. The second-order valence-electron chi connectivity index (χ2n) is 8.43. The predicted octanol–water partition coefficient (Wildman–Crippen LogP) is 4.34. The molecular weight excluding hydrogens is 434 g/mol. The number of nitrogens with zero attached hydrogens (tertiary/aromatic N) is 5. The van der Waals surface area contributed by atoms with E-state index in [1.54, 1.807) is 7.11 Å². The minimum atomic E-state index is 0.0910. The van der Waals surface area contributed by atoms with Gasteiger partial charge in [-0.25, -0.2) is 0 Å². The van der Waals surface area contributed by atoms with Crippen molar-refractivity contribution in [1.82, 2.24) is 14.8 Å². The molecule has 8 heteroatoms. The molecule has 0 atom stereocenters. The highest BCUT2D eigenvalue weighted by atomic mass is 32.2. The fourth-order valence-corrected chi connectivity index (χ4v) is 5.44. The van der Waals surface area contributed by atoms with Crippen LogP contribution in [-0.4, -0.2) is 53.2 Å². The molecule has 0 unspecified atom stereocenters. The van der Waals surface area contributed by atoms with Gasteiger partial charge in [0.15, 0.2) is 5.16 Å². The number of anilines is 2. The van der Waals surface area contributed by atoms with Gasteiger partial charge >= 0.3 is 0 Å². The van der Waals surface area contributed by atoms with E-state index in [4.69, 9.17) is 4.74 Å². The van der Waals surface area contributed by atoms with E-state index in [1.807, 2.05) is 41.3 Å². The fourth-order valence-electron chi connectivity index (χ4n) is 4.62. The number of carbonyl (C=O) groups excluding carboxylic acids is 1. The van der Waals surface area contributed by atoms with Crippen molar-refractivity contribution in [3.8, 4) is 11.4 Å². The minimum Gasteiger partial charge on any atom is -0.497 e. The molecule has 2 aliphatic heterocycles. The van der Waals surface area contributed by atoms with Crippen LogP contribution in [0.5, 0.6) is 5.75 Å². The van der Waals surface area contributed by atoms with Crippen molar-refractivity contribution in [1.29, 1.82) is 0 Å². The van der Waals surface area contributed by atoms with Crippen molar-refractivity contribution in [2.24, 2.45) is 0 Å². The Morgan fingerprint density at radius 2 is 1.82 bits per heavy atom. The second kappa shape index (κ2) is 9.87. The van der Waals surface area contributed by atoms with Crippen LogP contribution in [0, 0.1) is 0 Å². The maximum atomic E-state index is 13.3. The van der Waals surface area contributed by atoms with E-state index >= 15 is 0 Å². The minimum absolute atomic E-state index is 0.0910. The Balaban J connectivity index is 1.37. The molecule has 0 saturated carbocycles. The van der Waals surface area contributed by atoms with E-state index in [-0.39, 0.29) is 5.91 Å². The van der Waals surface area contributed by atoms with Crippen LogP contribution in [0.2, 0.25) is 0 Å². The molecule has 2 aromatic carbocycles. The Hall–Kier alpha value is -3.00. The zero-order valence-corrected chi connectivity index (χ0v) is 19.8. The molecule has 7 nitrogen and oxygen atoms in total. The monoisotopic (exact) mass is 463 g/mol. The van der Waals surface area contributed by atoms with E-state index < -0.39 is 0 Å². The van der Waals surface area contributed by atoms with Crippen molar-refractivity contribution in [3.05, 3.63) is 54.1 Å². The molecule has 0 N–H and O–H groups in total. The molecule has 0 spiro atoms. The van der Waals surface area contributed by atoms with Crippen molar-refractivity contribution < 1.29 is 9.53 Å². The van der Waals surface area contributed by atoms with Gasteiger partial charge in [-0.15, -0.1) is 10.2 Å². The number of aryl methyl sites for hydroxylation is 1. The number of aromatic nitrogens is 3. The first-order chi connectivity index (χ1) is 16.2. The average molecular weight is 464 g/mol. The van der Waals surface area contributed by atoms with Crippen molar-refractivity contribution in [2.45, 2.75) is 37.3 Å². The molecule has 172 valence electrons. The number of para-hydroxylation sites is 1. The maximum absolute atomic E-state index is 13.3. The number of ether oxygens (including phenoxy) is 1. The summed E-state index contributed by atoms with van der Waals surface area (Å²) >= 11 is 1.46. The second-order valence-corrected chi connectivity index (χ2v) is 9.38. The van der Waals surface area contributed by atoms with Gasteiger partial charge in [0.1, 0.15) is 5.75 Å². The summed E-state index contributed by atoms with van der Waals surface area (Å²) in [5.41, 5.74) is 3.18. The van der Waals surface area contributed by atoms with Crippen molar-refractivity contribution in [2.75, 3.05) is 42.3 Å². The molecule has 1 aromatic heterocycles. The summed E-state index contributed by atoms with van der Waals surface area (Å²) in [6.45, 7) is 2.72. The van der Waals surface area contributed by atoms with Gasteiger partial charge in [-0.3, -0.25) is 9.36 Å². The zero-order chi connectivity index (χ0) is 22.6. The normalized spacial score (nSPS) is 15.9. The van der Waals surface area contributed by atoms with Crippen LogP contribution >= 0.6 is 11.8 Å². The standard InChI is InChI=1S/C25H29N5O2S/c1-32-21-12-13-22-19(17-21)9-8-16-29(22)23(31)18-33-25-27-26-24(28-14-6-3-7-15-28)30(25)20-10-4-2-5-11-20/h2,4-5,10-13,17H,3,6-9,14-16,18H2,1H3. The number of carbonyl (C=O) groups is 1. The Kier molecular flexibility index (Phi) is 6.53. The summed E-state index contributed by atoms with van der Waals surface area (Å²) in [6.07, 6.45) is 5.51. The lowest BCUT2D eigenvalue weighted by atomic mass is 10.0. The van der Waals surface area contributed by atoms with Gasteiger partial charge in [0.2, 0.25) is 11.9 Å². The number of benzene rings is 2. The molecular formula is C25H29N5O2S. The summed E-state index contributed by atoms with van der Waals surface area (Å²) in [5, 5.41) is 9.79. The molecule has 0 bridgehead atoms. The van der Waals surface area contributed by atoms with Gasteiger partial charge in [-0.2, -0.15) is 0 Å². The molecule has 1 amide bonds. The van der Waals surface area contributed by atoms with Gasteiger partial charge in [-0.1, -0.05) is 30.0 Å². The number of thioether (sulfide) groups is 1. The first-order valence-corrected chi connectivity index (χ1v) is 12.6. The van der Waals surface area contributed by atoms with Crippen LogP contribution in [0.3, 0.4) is 0 Å². The molecule has 0 radical (unpaired) electrons. The number of piperidine rings is 1. The van der Waals surface area contributed by atoms with Gasteiger partial charge in [0.05, 0.1) is 18.6 Å². The van der Waals surface area contributed by atoms with E-state index in [0.717, 1.165) is 60.7 Å². The van der Waals surface area contributed by atoms with Gasteiger partial charge in [-0.05, 0) is 68.0 Å². The van der Waals surface area contributed by atoms with E-state index in [2.05, 4.69) is 31.8 Å². The number of rotatable bonds is 6. The topological polar surface area (TPSA) is 63.5 Å². The molecule has 0 aliphatic carbocycles. The summed E-state index contributed by atoms with van der Waals surface area (Å²) in [6, 6.07) is 16.1. The van der Waals surface area contributed by atoms with E-state index in [1.165, 1.54) is 36.6 Å². The van der Waals surface area contributed by atoms with Crippen LogP contribution in [0.25, 0.3) is 5.69 Å². The molecule has 3 aromatic rings. The lowest BCUT2D eigenvalue weighted by Gasteiger charge is -2.30. The Labute approximate surface area is 198 Å². The lowest BCUT2D eigenvalue weighted by Crippen LogP contribution is -2.36. The number of hydrogen-bond donors (Lipinski definition) is 0. The number of hydrogen-bond acceptors (Lipinski definition) is 6. The van der Waals surface area contributed by atoms with E-state index in [9.17, 15) is 4.79 Å². The molecule has 2 aliphatic rings. The van der Waals surface area contributed by atoms with E-state index in [0.29, 0.717) is 5.75 Å². The number of amides is 1. The summed E-state index contributed by atoms with van der Waals surface area (Å²) in [4.78, 5) is 17.5. The highest BCUT2D eigenvalue weighted by Gasteiger charge is 2.25. The van der Waals surface area contributed by atoms with Gasteiger partial charge in [0.25, 0.3) is 0 Å². The van der Waals surface area contributed by atoms with Crippen LogP contribution in [0.15, 0.2) is 53.7 Å². The summed E-state index contributed by atoms with van der Waals surface area (Å²) in [5.74, 6) is 2.11. The third-order valence-electron chi connectivity index (χ3n) is 6.30. The highest BCUT2D eigenvalue weighted by molar-refractivity contribution is 7.99. The third-order valence-corrected chi connectivity index (χ3v) is 7.21. The van der Waals surface area contributed by atoms with Gasteiger partial charge in [0, 0.05) is 25.3 Å². The average Bonchev–Trinajstić information content (AvgIpc) is 3.31. The Morgan fingerprint density at radius 3 is 2.61 bits per heavy atom. The van der Waals surface area contributed by atoms with Crippen LogP contribution in [0.4, 0.5) is 11.6 Å². The molecule has 1 fully saturated rings. The first-order valence-electron chi connectivity index (χ1n) is 11.6. The molecule has 3 heterocycles. The number of methoxy groups -OCH3 is 1.